The van der Waals surface area contributed by atoms with E-state index in [2.05, 4.69) is 13.8 Å². The Morgan fingerprint density at radius 3 is 2.16 bits per heavy atom. The second kappa shape index (κ2) is 10.5. The highest BCUT2D eigenvalue weighted by Crippen LogP contribution is 2.32. The fraction of sp³-hybridized carbons (Fsp3) is 0.720. The molecule has 5 nitrogen and oxygen atoms in total. The van der Waals surface area contributed by atoms with E-state index in [4.69, 9.17) is 9.47 Å². The lowest BCUT2D eigenvalue weighted by molar-refractivity contribution is -0.123. The van der Waals surface area contributed by atoms with Gasteiger partial charge in [-0.3, -0.25) is 4.79 Å². The summed E-state index contributed by atoms with van der Waals surface area (Å²) in [5.41, 5.74) is 1.01. The summed E-state index contributed by atoms with van der Waals surface area (Å²) in [4.78, 5) is 12.8. The van der Waals surface area contributed by atoms with Crippen molar-refractivity contribution in [3.63, 3.8) is 0 Å². The second-order valence-corrected chi connectivity index (χ2v) is 12.5. The molecule has 0 spiro atoms. The number of carbonyl (C=O) groups is 1. The molecule has 2 aliphatic rings. The number of Topliss-reactive ketones (excluding diaryl/α,β-unsaturated/α-hetero) is 1. The molecule has 1 aliphatic carbocycles. The molecule has 31 heavy (non-hydrogen) atoms. The summed E-state index contributed by atoms with van der Waals surface area (Å²) >= 11 is 0. The van der Waals surface area contributed by atoms with Crippen LogP contribution in [0.1, 0.15) is 71.8 Å². The van der Waals surface area contributed by atoms with Crippen molar-refractivity contribution in [3.05, 3.63) is 29.8 Å². The Kier molecular flexibility index (Phi) is 8.19. The molecule has 0 N–H and O–H groups in total. The molecular weight excluding hydrogens is 412 g/mol. The predicted octanol–water partition coefficient (Wildman–Crippen LogP) is 4.76. The number of hydrogen-bond acceptors (Lipinski definition) is 5. The normalized spacial score (nSPS) is 29.6. The largest absolute Gasteiger partial charge is 0.490 e. The average molecular weight is 451 g/mol. The van der Waals surface area contributed by atoms with Gasteiger partial charge in [0.25, 0.3) is 0 Å². The quantitative estimate of drug-likeness (QED) is 0.571. The summed E-state index contributed by atoms with van der Waals surface area (Å²) in [6, 6.07) is 7.89. The zero-order valence-corrected chi connectivity index (χ0v) is 20.2. The SMILES string of the molecule is CC1CC(Oc2ccc(CC(=O)C3CCC(CS(=O)(=O)C(C)C)CC3)cc2)CC(C)O1. The van der Waals surface area contributed by atoms with Crippen molar-refractivity contribution in [2.24, 2.45) is 11.8 Å². The van der Waals surface area contributed by atoms with E-state index in [9.17, 15) is 13.2 Å². The van der Waals surface area contributed by atoms with Gasteiger partial charge < -0.3 is 9.47 Å². The van der Waals surface area contributed by atoms with E-state index < -0.39 is 9.84 Å². The van der Waals surface area contributed by atoms with Crippen molar-refractivity contribution < 1.29 is 22.7 Å². The van der Waals surface area contributed by atoms with Crippen LogP contribution in [0.4, 0.5) is 0 Å². The van der Waals surface area contributed by atoms with E-state index in [1.807, 2.05) is 24.3 Å². The summed E-state index contributed by atoms with van der Waals surface area (Å²) in [5, 5.41) is -0.322. The molecule has 2 fully saturated rings. The summed E-state index contributed by atoms with van der Waals surface area (Å²) in [6.07, 6.45) is 6.09. The monoisotopic (exact) mass is 450 g/mol. The third-order valence-corrected chi connectivity index (χ3v) is 9.12. The van der Waals surface area contributed by atoms with Crippen LogP contribution in [0, 0.1) is 11.8 Å². The second-order valence-electron chi connectivity index (χ2n) is 9.85. The van der Waals surface area contributed by atoms with Crippen molar-refractivity contribution in [1.82, 2.24) is 0 Å². The van der Waals surface area contributed by atoms with E-state index >= 15 is 0 Å². The van der Waals surface area contributed by atoms with Gasteiger partial charge in [0.2, 0.25) is 0 Å². The first-order valence-corrected chi connectivity index (χ1v) is 13.5. The van der Waals surface area contributed by atoms with Gasteiger partial charge in [-0.2, -0.15) is 0 Å². The van der Waals surface area contributed by atoms with Gasteiger partial charge in [0, 0.05) is 25.2 Å². The zero-order valence-electron chi connectivity index (χ0n) is 19.4. The van der Waals surface area contributed by atoms with Crippen LogP contribution in [-0.2, 0) is 25.8 Å². The molecule has 1 heterocycles. The summed E-state index contributed by atoms with van der Waals surface area (Å²) in [7, 11) is -3.01. The third-order valence-electron chi connectivity index (χ3n) is 6.75. The fourth-order valence-electron chi connectivity index (χ4n) is 4.84. The smallest absolute Gasteiger partial charge is 0.152 e. The zero-order chi connectivity index (χ0) is 22.6. The highest BCUT2D eigenvalue weighted by Gasteiger charge is 2.30. The Morgan fingerprint density at radius 1 is 1.03 bits per heavy atom. The van der Waals surface area contributed by atoms with E-state index in [-0.39, 0.29) is 46.9 Å². The maximum absolute atomic E-state index is 12.8. The number of carbonyl (C=O) groups excluding carboxylic acids is 1. The van der Waals surface area contributed by atoms with E-state index in [1.165, 1.54) is 0 Å². The lowest BCUT2D eigenvalue weighted by Crippen LogP contribution is -2.35. The summed E-state index contributed by atoms with van der Waals surface area (Å²) in [6.45, 7) is 7.64. The number of sulfone groups is 1. The van der Waals surface area contributed by atoms with Gasteiger partial charge in [-0.1, -0.05) is 12.1 Å². The van der Waals surface area contributed by atoms with Gasteiger partial charge in [0.15, 0.2) is 9.84 Å². The standard InChI is InChI=1S/C25H38O5S/c1-17(2)31(27,28)16-21-5-9-22(10-6-21)25(26)15-20-7-11-23(12-8-20)30-24-13-18(3)29-19(4)14-24/h7-8,11-12,17-19,21-22,24H,5-6,9-10,13-16H2,1-4H3. The van der Waals surface area contributed by atoms with E-state index in [0.29, 0.717) is 6.42 Å². The van der Waals surface area contributed by atoms with Gasteiger partial charge in [-0.05, 0) is 77.0 Å². The lowest BCUT2D eigenvalue weighted by atomic mass is 9.79. The van der Waals surface area contributed by atoms with Crippen molar-refractivity contribution in [2.45, 2.75) is 96.2 Å². The topological polar surface area (TPSA) is 69.7 Å². The first kappa shape index (κ1) is 24.2. The van der Waals surface area contributed by atoms with Crippen LogP contribution in [0.25, 0.3) is 0 Å². The minimum Gasteiger partial charge on any atom is -0.490 e. The fourth-order valence-corrected chi connectivity index (χ4v) is 6.21. The number of benzene rings is 1. The van der Waals surface area contributed by atoms with Crippen LogP contribution in [-0.4, -0.2) is 43.5 Å². The predicted molar refractivity (Wildman–Crippen MR) is 123 cm³/mol. The lowest BCUT2D eigenvalue weighted by Gasteiger charge is -2.32. The maximum Gasteiger partial charge on any atom is 0.152 e. The van der Waals surface area contributed by atoms with E-state index in [0.717, 1.165) is 49.8 Å². The Labute approximate surface area is 187 Å². The molecule has 0 amide bonds. The van der Waals surface area contributed by atoms with Gasteiger partial charge in [-0.15, -0.1) is 0 Å². The van der Waals surface area contributed by atoms with Crippen LogP contribution in [0.2, 0.25) is 0 Å². The Morgan fingerprint density at radius 2 is 1.61 bits per heavy atom. The highest BCUT2D eigenvalue weighted by molar-refractivity contribution is 7.91. The van der Waals surface area contributed by atoms with Crippen molar-refractivity contribution in [2.75, 3.05) is 5.75 Å². The van der Waals surface area contributed by atoms with Gasteiger partial charge in [0.05, 0.1) is 23.2 Å². The molecule has 1 saturated heterocycles. The van der Waals surface area contributed by atoms with Gasteiger partial charge >= 0.3 is 0 Å². The van der Waals surface area contributed by atoms with Crippen molar-refractivity contribution >= 4 is 15.6 Å². The maximum atomic E-state index is 12.8. The molecule has 174 valence electrons. The van der Waals surface area contributed by atoms with Gasteiger partial charge in [-0.25, -0.2) is 8.42 Å². The Bertz CT molecular complexity index is 812. The van der Waals surface area contributed by atoms with Crippen LogP contribution >= 0.6 is 0 Å². The van der Waals surface area contributed by atoms with Crippen molar-refractivity contribution in [3.8, 4) is 5.75 Å². The van der Waals surface area contributed by atoms with Crippen LogP contribution in [0.5, 0.6) is 5.75 Å². The Balaban J connectivity index is 1.46. The molecule has 1 aromatic carbocycles. The first-order valence-electron chi connectivity index (χ1n) is 11.8. The van der Waals surface area contributed by atoms with Crippen LogP contribution in [0.15, 0.2) is 24.3 Å². The first-order chi connectivity index (χ1) is 14.6. The molecular formula is C25H38O5S. The number of hydrogen-bond donors (Lipinski definition) is 0. The summed E-state index contributed by atoms with van der Waals surface area (Å²) in [5.74, 6) is 1.63. The highest BCUT2D eigenvalue weighted by atomic mass is 32.2. The molecule has 1 saturated carbocycles. The number of rotatable bonds is 8. The van der Waals surface area contributed by atoms with Crippen molar-refractivity contribution in [1.29, 1.82) is 0 Å². The minimum atomic E-state index is -3.01. The number of ketones is 1. The van der Waals surface area contributed by atoms with Crippen LogP contribution < -0.4 is 4.74 Å². The molecule has 2 atom stereocenters. The third kappa shape index (κ3) is 7.04. The molecule has 6 heteroatoms. The molecule has 0 aromatic heterocycles. The van der Waals surface area contributed by atoms with E-state index in [1.54, 1.807) is 13.8 Å². The molecule has 0 radical (unpaired) electrons. The Hall–Kier alpha value is -1.40. The van der Waals surface area contributed by atoms with Crippen LogP contribution in [0.3, 0.4) is 0 Å². The van der Waals surface area contributed by atoms with Gasteiger partial charge in [0.1, 0.15) is 17.6 Å². The molecule has 3 rings (SSSR count). The minimum absolute atomic E-state index is 0.0548. The molecule has 1 aromatic rings. The average Bonchev–Trinajstić information content (AvgIpc) is 2.69. The molecule has 0 bridgehead atoms. The summed E-state index contributed by atoms with van der Waals surface area (Å²) < 4.78 is 36.2. The number of ether oxygens (including phenoxy) is 2. The molecule has 1 aliphatic heterocycles. The molecule has 2 unspecified atom stereocenters.